The number of hydrogen-bond donors (Lipinski definition) is 1. The number of aryl methyl sites for hydroxylation is 1. The first-order valence-corrected chi connectivity index (χ1v) is 10.1. The van der Waals surface area contributed by atoms with E-state index in [9.17, 15) is 10.1 Å². The van der Waals surface area contributed by atoms with Gasteiger partial charge >= 0.3 is 0 Å². The second kappa shape index (κ2) is 9.77. The molecule has 1 unspecified atom stereocenters. The molecule has 0 saturated heterocycles. The van der Waals surface area contributed by atoms with E-state index in [0.29, 0.717) is 11.1 Å². The van der Waals surface area contributed by atoms with Crippen molar-refractivity contribution in [3.63, 3.8) is 0 Å². The van der Waals surface area contributed by atoms with Crippen molar-refractivity contribution in [3.8, 4) is 6.07 Å². The molecule has 3 nitrogen and oxygen atoms in total. The highest BCUT2D eigenvalue weighted by Gasteiger charge is 2.15. The monoisotopic (exact) mass is 386 g/mol. The van der Waals surface area contributed by atoms with Gasteiger partial charge in [-0.1, -0.05) is 66.4 Å². The van der Waals surface area contributed by atoms with Crippen LogP contribution in [0.3, 0.4) is 0 Å². The smallest absolute Gasteiger partial charge is 0.252 e. The van der Waals surface area contributed by atoms with Gasteiger partial charge in [0.1, 0.15) is 6.07 Å². The fraction of sp³-hybridized carbons (Fsp3) is 0.167. The molecule has 140 valence electrons. The predicted octanol–water partition coefficient (Wildman–Crippen LogP) is 5.46. The second-order valence-electron chi connectivity index (χ2n) is 6.60. The second-order valence-corrected chi connectivity index (χ2v) is 7.69. The Labute approximate surface area is 170 Å². The van der Waals surface area contributed by atoms with Crippen LogP contribution < -0.4 is 5.32 Å². The standard InChI is InChI=1S/C24H22N2OS/c1-18(15-16-19-9-3-2-4-10-19)26-24(27)21-12-6-8-14-23(21)28-22-13-7-5-11-20(22)17-25/h2-14,18H,15-16H2,1H3,(H,26,27). The van der Waals surface area contributed by atoms with Gasteiger partial charge in [0.15, 0.2) is 0 Å². The molecule has 3 rings (SSSR count). The Hall–Kier alpha value is -3.03. The van der Waals surface area contributed by atoms with E-state index in [1.807, 2.05) is 67.6 Å². The van der Waals surface area contributed by atoms with Crippen LogP contribution in [0.25, 0.3) is 0 Å². The summed E-state index contributed by atoms with van der Waals surface area (Å²) in [4.78, 5) is 14.5. The average Bonchev–Trinajstić information content (AvgIpc) is 2.74. The Morgan fingerprint density at radius 1 is 0.964 bits per heavy atom. The molecular formula is C24H22N2OS. The van der Waals surface area contributed by atoms with E-state index in [2.05, 4.69) is 23.5 Å². The Morgan fingerprint density at radius 3 is 2.36 bits per heavy atom. The van der Waals surface area contributed by atoms with E-state index in [1.165, 1.54) is 17.3 Å². The molecule has 1 atom stereocenters. The number of carbonyl (C=O) groups excluding carboxylic acids is 1. The Balaban J connectivity index is 1.68. The number of hydrogen-bond acceptors (Lipinski definition) is 3. The van der Waals surface area contributed by atoms with E-state index >= 15 is 0 Å². The van der Waals surface area contributed by atoms with Crippen LogP contribution in [0.2, 0.25) is 0 Å². The molecule has 0 heterocycles. The van der Waals surface area contributed by atoms with Crippen molar-refractivity contribution in [1.82, 2.24) is 5.32 Å². The van der Waals surface area contributed by atoms with Gasteiger partial charge in [-0.15, -0.1) is 0 Å². The quantitative estimate of drug-likeness (QED) is 0.586. The Kier molecular flexibility index (Phi) is 6.89. The zero-order chi connectivity index (χ0) is 19.8. The van der Waals surface area contributed by atoms with Gasteiger partial charge in [0, 0.05) is 15.8 Å². The third-order valence-corrected chi connectivity index (χ3v) is 5.60. The van der Waals surface area contributed by atoms with Gasteiger partial charge < -0.3 is 5.32 Å². The van der Waals surface area contributed by atoms with E-state index in [-0.39, 0.29) is 11.9 Å². The fourth-order valence-corrected chi connectivity index (χ4v) is 3.94. The maximum atomic E-state index is 12.8. The Bertz CT molecular complexity index is 979. The van der Waals surface area contributed by atoms with Crippen molar-refractivity contribution < 1.29 is 4.79 Å². The van der Waals surface area contributed by atoms with Crippen LogP contribution in [0.1, 0.15) is 34.8 Å². The van der Waals surface area contributed by atoms with E-state index in [0.717, 1.165) is 22.6 Å². The van der Waals surface area contributed by atoms with Crippen molar-refractivity contribution >= 4 is 17.7 Å². The first kappa shape index (κ1) is 19.7. The highest BCUT2D eigenvalue weighted by atomic mass is 32.2. The van der Waals surface area contributed by atoms with Crippen LogP contribution in [0, 0.1) is 11.3 Å². The van der Waals surface area contributed by atoms with Crippen molar-refractivity contribution in [2.45, 2.75) is 35.6 Å². The lowest BCUT2D eigenvalue weighted by atomic mass is 10.1. The number of rotatable bonds is 7. The van der Waals surface area contributed by atoms with Crippen molar-refractivity contribution in [2.75, 3.05) is 0 Å². The summed E-state index contributed by atoms with van der Waals surface area (Å²) in [6.45, 7) is 2.03. The zero-order valence-corrected chi connectivity index (χ0v) is 16.6. The van der Waals surface area contributed by atoms with Gasteiger partial charge in [-0.05, 0) is 49.6 Å². The van der Waals surface area contributed by atoms with Gasteiger partial charge in [-0.25, -0.2) is 0 Å². The minimum atomic E-state index is -0.0851. The molecule has 3 aromatic rings. The van der Waals surface area contributed by atoms with Crippen LogP contribution in [0.15, 0.2) is 88.7 Å². The lowest BCUT2D eigenvalue weighted by Crippen LogP contribution is -2.33. The third kappa shape index (κ3) is 5.25. The summed E-state index contributed by atoms with van der Waals surface area (Å²) in [7, 11) is 0. The molecule has 0 fully saturated rings. The summed E-state index contributed by atoms with van der Waals surface area (Å²) in [5.41, 5.74) is 2.51. The third-order valence-electron chi connectivity index (χ3n) is 4.45. The van der Waals surface area contributed by atoms with Gasteiger partial charge in [0.05, 0.1) is 11.1 Å². The van der Waals surface area contributed by atoms with Crippen LogP contribution in [0.5, 0.6) is 0 Å². The molecule has 0 spiro atoms. The summed E-state index contributed by atoms with van der Waals surface area (Å²) < 4.78 is 0. The van der Waals surface area contributed by atoms with Crippen molar-refractivity contribution in [1.29, 1.82) is 5.26 Å². The van der Waals surface area contributed by atoms with Gasteiger partial charge in [0.2, 0.25) is 0 Å². The number of carbonyl (C=O) groups is 1. The minimum absolute atomic E-state index is 0.0668. The highest BCUT2D eigenvalue weighted by molar-refractivity contribution is 7.99. The molecule has 0 saturated carbocycles. The van der Waals surface area contributed by atoms with Gasteiger partial charge in [0.25, 0.3) is 5.91 Å². The molecule has 0 aliphatic heterocycles. The zero-order valence-electron chi connectivity index (χ0n) is 15.8. The molecule has 0 aliphatic rings. The van der Waals surface area contributed by atoms with E-state index in [4.69, 9.17) is 0 Å². The van der Waals surface area contributed by atoms with Crippen LogP contribution in [-0.4, -0.2) is 11.9 Å². The van der Waals surface area contributed by atoms with Crippen molar-refractivity contribution in [3.05, 3.63) is 95.6 Å². The lowest BCUT2D eigenvalue weighted by Gasteiger charge is -2.16. The molecule has 4 heteroatoms. The molecule has 0 aromatic heterocycles. The molecule has 1 N–H and O–H groups in total. The minimum Gasteiger partial charge on any atom is -0.350 e. The summed E-state index contributed by atoms with van der Waals surface area (Å²) in [6, 6.07) is 27.5. The topological polar surface area (TPSA) is 52.9 Å². The molecule has 0 radical (unpaired) electrons. The molecular weight excluding hydrogens is 364 g/mol. The number of nitrogens with zero attached hydrogens (tertiary/aromatic N) is 1. The number of nitrogens with one attached hydrogen (secondary N) is 1. The fourth-order valence-electron chi connectivity index (χ4n) is 2.91. The maximum Gasteiger partial charge on any atom is 0.252 e. The molecule has 28 heavy (non-hydrogen) atoms. The summed E-state index contributed by atoms with van der Waals surface area (Å²) >= 11 is 1.45. The average molecular weight is 387 g/mol. The Morgan fingerprint density at radius 2 is 1.61 bits per heavy atom. The maximum absolute atomic E-state index is 12.8. The van der Waals surface area contributed by atoms with Crippen LogP contribution >= 0.6 is 11.8 Å². The predicted molar refractivity (Wildman–Crippen MR) is 113 cm³/mol. The van der Waals surface area contributed by atoms with E-state index < -0.39 is 0 Å². The molecule has 0 aliphatic carbocycles. The summed E-state index contributed by atoms with van der Waals surface area (Å²) in [5.74, 6) is -0.0851. The summed E-state index contributed by atoms with van der Waals surface area (Å²) in [5, 5.41) is 12.4. The SMILES string of the molecule is CC(CCc1ccccc1)NC(=O)c1ccccc1Sc1ccccc1C#N. The summed E-state index contributed by atoms with van der Waals surface area (Å²) in [6.07, 6.45) is 1.80. The van der Waals surface area contributed by atoms with Crippen LogP contribution in [-0.2, 0) is 6.42 Å². The lowest BCUT2D eigenvalue weighted by molar-refractivity contribution is 0.0935. The first-order valence-electron chi connectivity index (χ1n) is 9.28. The van der Waals surface area contributed by atoms with Crippen LogP contribution in [0.4, 0.5) is 0 Å². The molecule has 1 amide bonds. The van der Waals surface area contributed by atoms with Crippen molar-refractivity contribution in [2.24, 2.45) is 0 Å². The largest absolute Gasteiger partial charge is 0.350 e. The molecule has 0 bridgehead atoms. The van der Waals surface area contributed by atoms with E-state index in [1.54, 1.807) is 6.07 Å². The number of amides is 1. The highest BCUT2D eigenvalue weighted by Crippen LogP contribution is 2.32. The number of nitriles is 1. The number of benzene rings is 3. The van der Waals surface area contributed by atoms with Gasteiger partial charge in [-0.3, -0.25) is 4.79 Å². The first-order chi connectivity index (χ1) is 13.7. The molecule has 3 aromatic carbocycles. The van der Waals surface area contributed by atoms with Gasteiger partial charge in [-0.2, -0.15) is 5.26 Å². The normalized spacial score (nSPS) is 11.4.